The van der Waals surface area contributed by atoms with Crippen molar-refractivity contribution < 1.29 is 4.21 Å². The molecular formula is C15H22BrNOS. The van der Waals surface area contributed by atoms with Crippen LogP contribution in [0.25, 0.3) is 0 Å². The molecule has 0 heterocycles. The third-order valence-electron chi connectivity index (χ3n) is 3.90. The number of benzene rings is 1. The van der Waals surface area contributed by atoms with Crippen molar-refractivity contribution in [1.82, 2.24) is 5.32 Å². The number of hydrogen-bond acceptors (Lipinski definition) is 2. The van der Waals surface area contributed by atoms with Gasteiger partial charge in [0.2, 0.25) is 0 Å². The zero-order chi connectivity index (χ0) is 13.7. The molecular weight excluding hydrogens is 322 g/mol. The lowest BCUT2D eigenvalue weighted by molar-refractivity contribution is 0.414. The van der Waals surface area contributed by atoms with Crippen molar-refractivity contribution in [2.75, 3.05) is 7.05 Å². The Bertz CT molecular complexity index is 438. The van der Waals surface area contributed by atoms with Crippen molar-refractivity contribution >= 4 is 26.7 Å². The molecule has 4 heteroatoms. The Balaban J connectivity index is 2.21. The van der Waals surface area contributed by atoms with Crippen molar-refractivity contribution in [1.29, 1.82) is 0 Å². The molecule has 1 N–H and O–H groups in total. The van der Waals surface area contributed by atoms with Gasteiger partial charge >= 0.3 is 0 Å². The van der Waals surface area contributed by atoms with E-state index in [2.05, 4.69) is 21.2 Å². The maximum Gasteiger partial charge on any atom is 0.0588 e. The van der Waals surface area contributed by atoms with Gasteiger partial charge in [0.1, 0.15) is 0 Å². The van der Waals surface area contributed by atoms with Crippen LogP contribution in [0.15, 0.2) is 33.6 Å². The van der Waals surface area contributed by atoms with Gasteiger partial charge < -0.3 is 5.32 Å². The second-order valence-electron chi connectivity index (χ2n) is 5.15. The molecule has 0 saturated heterocycles. The summed E-state index contributed by atoms with van der Waals surface area (Å²) < 4.78 is 13.9. The molecule has 0 bridgehead atoms. The fourth-order valence-corrected chi connectivity index (χ4v) is 5.32. The van der Waals surface area contributed by atoms with Gasteiger partial charge in [0.05, 0.1) is 20.9 Å². The summed E-state index contributed by atoms with van der Waals surface area (Å²) in [6, 6.07) is 8.26. The number of rotatable bonds is 3. The predicted molar refractivity (Wildman–Crippen MR) is 84.9 cm³/mol. The van der Waals surface area contributed by atoms with E-state index in [0.29, 0.717) is 6.04 Å². The van der Waals surface area contributed by atoms with Crippen LogP contribution in [0.4, 0.5) is 0 Å². The summed E-state index contributed by atoms with van der Waals surface area (Å²) >= 11 is 3.53. The van der Waals surface area contributed by atoms with Crippen LogP contribution in [-0.2, 0) is 10.8 Å². The minimum Gasteiger partial charge on any atom is -0.316 e. The maximum atomic E-state index is 12.9. The summed E-state index contributed by atoms with van der Waals surface area (Å²) in [5.41, 5.74) is 0. The normalized spacial score (nSPS) is 26.4. The summed E-state index contributed by atoms with van der Waals surface area (Å²) in [5, 5.41) is 3.61. The predicted octanol–water partition coefficient (Wildman–Crippen LogP) is 3.87. The smallest absolute Gasteiger partial charge is 0.0588 e. The fourth-order valence-electron chi connectivity index (χ4n) is 2.81. The minimum absolute atomic E-state index is 0.226. The van der Waals surface area contributed by atoms with Gasteiger partial charge in [-0.3, -0.25) is 4.21 Å². The number of nitrogens with one attached hydrogen (secondary N) is 1. The van der Waals surface area contributed by atoms with E-state index in [-0.39, 0.29) is 5.25 Å². The third-order valence-corrected chi connectivity index (χ3v) is 6.76. The zero-order valence-corrected chi connectivity index (χ0v) is 13.8. The Morgan fingerprint density at radius 1 is 1.16 bits per heavy atom. The highest BCUT2D eigenvalue weighted by Crippen LogP contribution is 2.28. The van der Waals surface area contributed by atoms with Crippen LogP contribution in [0.1, 0.15) is 38.5 Å². The van der Waals surface area contributed by atoms with E-state index in [1.807, 2.05) is 31.3 Å². The first-order chi connectivity index (χ1) is 9.24. The summed E-state index contributed by atoms with van der Waals surface area (Å²) in [6.07, 6.45) is 7.22. The molecule has 106 valence electrons. The van der Waals surface area contributed by atoms with E-state index in [9.17, 15) is 4.21 Å². The van der Waals surface area contributed by atoms with E-state index in [1.54, 1.807) is 0 Å². The molecule has 1 aromatic carbocycles. The summed E-state index contributed by atoms with van der Waals surface area (Å²) in [6.45, 7) is 0. The molecule has 2 nitrogen and oxygen atoms in total. The molecule has 0 radical (unpaired) electrons. The fraction of sp³-hybridized carbons (Fsp3) is 0.600. The topological polar surface area (TPSA) is 29.1 Å². The molecule has 1 saturated carbocycles. The molecule has 0 amide bonds. The van der Waals surface area contributed by atoms with Crippen molar-refractivity contribution in [3.63, 3.8) is 0 Å². The van der Waals surface area contributed by atoms with Gasteiger partial charge in [0.15, 0.2) is 0 Å². The summed E-state index contributed by atoms with van der Waals surface area (Å²) in [5.74, 6) is 0. The van der Waals surface area contributed by atoms with Crippen LogP contribution in [-0.4, -0.2) is 22.5 Å². The summed E-state index contributed by atoms with van der Waals surface area (Å²) in [7, 11) is 1.06. The Morgan fingerprint density at radius 3 is 2.53 bits per heavy atom. The van der Waals surface area contributed by atoms with Crippen LogP contribution in [0, 0.1) is 0 Å². The van der Waals surface area contributed by atoms with Crippen LogP contribution in [0.5, 0.6) is 0 Å². The highest BCUT2D eigenvalue weighted by molar-refractivity contribution is 9.10. The number of hydrogen-bond donors (Lipinski definition) is 1. The van der Waals surface area contributed by atoms with Gasteiger partial charge in [-0.15, -0.1) is 0 Å². The quantitative estimate of drug-likeness (QED) is 0.902. The first kappa shape index (κ1) is 15.2. The molecule has 1 aromatic rings. The molecule has 2 rings (SSSR count). The second kappa shape index (κ2) is 7.55. The average molecular weight is 344 g/mol. The average Bonchev–Trinajstić information content (AvgIpc) is 2.39. The first-order valence-corrected chi connectivity index (χ1v) is 9.07. The van der Waals surface area contributed by atoms with Gasteiger partial charge in [0, 0.05) is 10.5 Å². The Kier molecular flexibility index (Phi) is 6.05. The zero-order valence-electron chi connectivity index (χ0n) is 11.4. The third kappa shape index (κ3) is 3.89. The Labute approximate surface area is 127 Å². The van der Waals surface area contributed by atoms with E-state index in [0.717, 1.165) is 22.2 Å². The Hall–Kier alpha value is -0.190. The molecule has 0 aliphatic heterocycles. The molecule has 3 atom stereocenters. The monoisotopic (exact) mass is 343 g/mol. The van der Waals surface area contributed by atoms with Crippen LogP contribution in [0.3, 0.4) is 0 Å². The summed E-state index contributed by atoms with van der Waals surface area (Å²) in [4.78, 5) is 0.938. The van der Waals surface area contributed by atoms with Crippen molar-refractivity contribution in [2.24, 2.45) is 0 Å². The molecule has 0 aromatic heterocycles. The van der Waals surface area contributed by atoms with E-state index in [4.69, 9.17) is 0 Å². The van der Waals surface area contributed by atoms with Crippen LogP contribution in [0.2, 0.25) is 0 Å². The largest absolute Gasteiger partial charge is 0.316 e. The molecule has 1 aliphatic rings. The first-order valence-electron chi connectivity index (χ1n) is 7.06. The molecule has 1 fully saturated rings. The number of halogens is 1. The van der Waals surface area contributed by atoms with Crippen molar-refractivity contribution in [3.05, 3.63) is 28.7 Å². The second-order valence-corrected chi connectivity index (χ2v) is 7.65. The molecule has 1 aliphatic carbocycles. The van der Waals surface area contributed by atoms with Gasteiger partial charge in [-0.2, -0.15) is 0 Å². The van der Waals surface area contributed by atoms with Crippen LogP contribution >= 0.6 is 15.9 Å². The van der Waals surface area contributed by atoms with Gasteiger partial charge in [0.25, 0.3) is 0 Å². The van der Waals surface area contributed by atoms with Gasteiger partial charge in [-0.1, -0.05) is 37.8 Å². The SMILES string of the molecule is CNC1CCCCCCC1S(=O)c1ccccc1Br. The highest BCUT2D eigenvalue weighted by Gasteiger charge is 2.28. The minimum atomic E-state index is -0.940. The highest BCUT2D eigenvalue weighted by atomic mass is 79.9. The lowest BCUT2D eigenvalue weighted by Crippen LogP contribution is -2.41. The lowest BCUT2D eigenvalue weighted by Gasteiger charge is -2.28. The maximum absolute atomic E-state index is 12.9. The van der Waals surface area contributed by atoms with Gasteiger partial charge in [-0.05, 0) is 48.0 Å². The van der Waals surface area contributed by atoms with Gasteiger partial charge in [-0.25, -0.2) is 0 Å². The molecule has 19 heavy (non-hydrogen) atoms. The van der Waals surface area contributed by atoms with E-state index < -0.39 is 10.8 Å². The molecule has 0 spiro atoms. The van der Waals surface area contributed by atoms with Crippen molar-refractivity contribution in [3.8, 4) is 0 Å². The Morgan fingerprint density at radius 2 is 1.84 bits per heavy atom. The van der Waals surface area contributed by atoms with E-state index >= 15 is 0 Å². The van der Waals surface area contributed by atoms with E-state index in [1.165, 1.54) is 25.7 Å². The van der Waals surface area contributed by atoms with Crippen molar-refractivity contribution in [2.45, 2.75) is 54.7 Å². The lowest BCUT2D eigenvalue weighted by atomic mass is 9.96. The van der Waals surface area contributed by atoms with Crippen LogP contribution < -0.4 is 5.32 Å². The molecule has 3 unspecified atom stereocenters. The standard InChI is InChI=1S/C15H22BrNOS/c1-17-13-9-4-2-3-5-11-15(13)19(18)14-10-7-6-8-12(14)16/h6-8,10,13,15,17H,2-5,9,11H2,1H3.